The van der Waals surface area contributed by atoms with E-state index in [1.54, 1.807) is 12.1 Å². The van der Waals surface area contributed by atoms with E-state index in [2.05, 4.69) is 60.6 Å². The second-order valence-corrected chi connectivity index (χ2v) is 11.1. The molecule has 0 heterocycles. The van der Waals surface area contributed by atoms with Gasteiger partial charge in [-0.3, -0.25) is 0 Å². The molecule has 0 spiro atoms. The summed E-state index contributed by atoms with van der Waals surface area (Å²) in [7, 11) is -2.22. The normalized spacial score (nSPS) is 11.8. The van der Waals surface area contributed by atoms with Crippen molar-refractivity contribution in [3.05, 3.63) is 65.2 Å². The number of rotatable bonds is 9. The first-order valence-electron chi connectivity index (χ1n) is 9.58. The molecular weight excluding hydrogens is 454 g/mol. The fraction of sp³-hybridized carbons (Fsp3) is 0.381. The Morgan fingerprint density at radius 2 is 1.48 bits per heavy atom. The SMILES string of the molecule is COOSN(c1ccc(CNC(=S)NCc2ccc(C(C)(C)C)cc2)cc1)S(C)(=O)=O. The number of sulfonamides is 1. The van der Waals surface area contributed by atoms with Crippen LogP contribution in [-0.2, 0) is 37.7 Å². The molecule has 2 rings (SSSR count). The molecule has 170 valence electrons. The van der Waals surface area contributed by atoms with Crippen molar-refractivity contribution in [2.24, 2.45) is 0 Å². The molecule has 2 N–H and O–H groups in total. The number of benzene rings is 2. The third-order valence-electron chi connectivity index (χ3n) is 4.34. The quantitative estimate of drug-likeness (QED) is 0.182. The van der Waals surface area contributed by atoms with Crippen LogP contribution in [0.3, 0.4) is 0 Å². The number of hydrogen-bond donors (Lipinski definition) is 2. The lowest BCUT2D eigenvalue weighted by atomic mass is 9.87. The lowest BCUT2D eigenvalue weighted by Gasteiger charge is -2.19. The lowest BCUT2D eigenvalue weighted by Crippen LogP contribution is -2.34. The van der Waals surface area contributed by atoms with Crippen molar-refractivity contribution in [3.8, 4) is 0 Å². The van der Waals surface area contributed by atoms with Crippen molar-refractivity contribution in [1.82, 2.24) is 10.6 Å². The molecule has 0 aliphatic rings. The number of nitrogens with one attached hydrogen (secondary N) is 2. The highest BCUT2D eigenvalue weighted by molar-refractivity contribution is 8.11. The summed E-state index contributed by atoms with van der Waals surface area (Å²) in [5, 5.41) is 6.90. The van der Waals surface area contributed by atoms with E-state index >= 15 is 0 Å². The molecule has 0 radical (unpaired) electrons. The van der Waals surface area contributed by atoms with Gasteiger partial charge in [0.25, 0.3) is 0 Å². The molecule has 0 saturated carbocycles. The van der Waals surface area contributed by atoms with Gasteiger partial charge in [0.05, 0.1) is 19.1 Å². The van der Waals surface area contributed by atoms with Crippen LogP contribution >= 0.6 is 24.4 Å². The van der Waals surface area contributed by atoms with Crippen molar-refractivity contribution in [2.45, 2.75) is 39.3 Å². The summed E-state index contributed by atoms with van der Waals surface area (Å²) in [5.74, 6) is 0. The van der Waals surface area contributed by atoms with Crippen molar-refractivity contribution in [1.29, 1.82) is 0 Å². The topological polar surface area (TPSA) is 79.9 Å². The molecule has 0 fully saturated rings. The minimum atomic E-state index is -3.53. The third kappa shape index (κ3) is 8.30. The predicted molar refractivity (Wildman–Crippen MR) is 131 cm³/mol. The molecule has 0 saturated heterocycles. The van der Waals surface area contributed by atoms with Gasteiger partial charge in [-0.15, -0.1) is 4.33 Å². The van der Waals surface area contributed by atoms with Crippen LogP contribution in [0.5, 0.6) is 0 Å². The maximum Gasteiger partial charge on any atom is 0.243 e. The van der Waals surface area contributed by atoms with E-state index in [-0.39, 0.29) is 5.41 Å². The predicted octanol–water partition coefficient (Wildman–Crippen LogP) is 4.06. The largest absolute Gasteiger partial charge is 0.359 e. The summed E-state index contributed by atoms with van der Waals surface area (Å²) in [6, 6.07) is 15.5. The van der Waals surface area contributed by atoms with Crippen LogP contribution in [0.25, 0.3) is 0 Å². The Hall–Kier alpha value is -1.85. The van der Waals surface area contributed by atoms with Gasteiger partial charge >= 0.3 is 0 Å². The highest BCUT2D eigenvalue weighted by Crippen LogP contribution is 2.27. The molecule has 0 bridgehead atoms. The van der Waals surface area contributed by atoms with E-state index in [9.17, 15) is 8.42 Å². The summed E-state index contributed by atoms with van der Waals surface area (Å²) in [6.45, 7) is 7.72. The van der Waals surface area contributed by atoms with Gasteiger partial charge in [0.15, 0.2) is 17.3 Å². The maximum atomic E-state index is 11.9. The standard InChI is InChI=1S/C21H29N3O4S3/c1-21(2,3)18-10-6-16(7-11-18)14-22-20(29)23-15-17-8-12-19(13-9-17)24(30-28-27-4)31(5,25)26/h6-13H,14-15H2,1-5H3,(H2,22,23,29). The molecule has 0 atom stereocenters. The highest BCUT2D eigenvalue weighted by Gasteiger charge is 2.20. The number of nitrogens with zero attached hydrogens (tertiary/aromatic N) is 1. The van der Waals surface area contributed by atoms with Crippen LogP contribution in [0, 0.1) is 0 Å². The van der Waals surface area contributed by atoms with Crippen molar-refractivity contribution in [2.75, 3.05) is 17.1 Å². The van der Waals surface area contributed by atoms with E-state index in [4.69, 9.17) is 16.6 Å². The Balaban J connectivity index is 1.86. The summed E-state index contributed by atoms with van der Waals surface area (Å²) in [6.07, 6.45) is 1.09. The Morgan fingerprint density at radius 1 is 1.00 bits per heavy atom. The van der Waals surface area contributed by atoms with Crippen LogP contribution in [-0.4, -0.2) is 26.9 Å². The molecule has 0 amide bonds. The fourth-order valence-corrected chi connectivity index (χ4v) is 4.12. The second-order valence-electron chi connectivity index (χ2n) is 7.95. The molecule has 0 aliphatic carbocycles. The van der Waals surface area contributed by atoms with Crippen LogP contribution < -0.4 is 14.3 Å². The molecule has 2 aromatic carbocycles. The van der Waals surface area contributed by atoms with E-state index < -0.39 is 10.0 Å². The van der Waals surface area contributed by atoms with Gasteiger partial charge in [0.2, 0.25) is 10.0 Å². The molecule has 2 aromatic rings. The van der Waals surface area contributed by atoms with Gasteiger partial charge in [0, 0.05) is 13.1 Å². The molecule has 0 unspecified atom stereocenters. The zero-order valence-corrected chi connectivity index (χ0v) is 20.8. The maximum absolute atomic E-state index is 11.9. The number of hydrogen-bond acceptors (Lipinski definition) is 6. The molecule has 0 aliphatic heterocycles. The monoisotopic (exact) mass is 483 g/mol. The van der Waals surface area contributed by atoms with Gasteiger partial charge in [-0.1, -0.05) is 57.2 Å². The summed E-state index contributed by atoms with van der Waals surface area (Å²) in [4.78, 5) is 4.48. The van der Waals surface area contributed by atoms with Gasteiger partial charge in [0.1, 0.15) is 0 Å². The van der Waals surface area contributed by atoms with Crippen LogP contribution in [0.1, 0.15) is 37.5 Å². The van der Waals surface area contributed by atoms with Gasteiger partial charge in [-0.25, -0.2) is 13.3 Å². The van der Waals surface area contributed by atoms with E-state index in [0.717, 1.165) is 21.1 Å². The minimum absolute atomic E-state index is 0.131. The van der Waals surface area contributed by atoms with Crippen molar-refractivity contribution >= 4 is 45.3 Å². The Bertz CT molecular complexity index is 957. The Kier molecular flexibility index (Phi) is 9.14. The van der Waals surface area contributed by atoms with Gasteiger partial charge < -0.3 is 10.6 Å². The third-order valence-corrected chi connectivity index (χ3v) is 6.98. The highest BCUT2D eigenvalue weighted by atomic mass is 32.3. The Labute approximate surface area is 194 Å². The van der Waals surface area contributed by atoms with Gasteiger partial charge in [-0.05, 0) is 46.5 Å². The van der Waals surface area contributed by atoms with E-state index in [1.807, 2.05) is 12.1 Å². The van der Waals surface area contributed by atoms with Crippen LogP contribution in [0.2, 0.25) is 0 Å². The first kappa shape index (κ1) is 25.4. The minimum Gasteiger partial charge on any atom is -0.359 e. The average Bonchev–Trinajstić information content (AvgIpc) is 2.70. The average molecular weight is 484 g/mol. The van der Waals surface area contributed by atoms with Crippen molar-refractivity contribution < 1.29 is 17.6 Å². The lowest BCUT2D eigenvalue weighted by molar-refractivity contribution is -0.160. The first-order valence-corrected chi connectivity index (χ1v) is 12.5. The van der Waals surface area contributed by atoms with E-state index in [1.165, 1.54) is 12.7 Å². The molecule has 10 heteroatoms. The zero-order valence-electron chi connectivity index (χ0n) is 18.3. The fourth-order valence-electron chi connectivity index (χ4n) is 2.63. The second kappa shape index (κ2) is 11.1. The number of anilines is 1. The molecule has 7 nitrogen and oxygen atoms in total. The molecule has 31 heavy (non-hydrogen) atoms. The number of thiocarbonyl (C=S) groups is 1. The summed E-state index contributed by atoms with van der Waals surface area (Å²) >= 11 is 5.95. The van der Waals surface area contributed by atoms with Crippen molar-refractivity contribution in [3.63, 3.8) is 0 Å². The Morgan fingerprint density at radius 3 is 1.90 bits per heavy atom. The van der Waals surface area contributed by atoms with E-state index in [0.29, 0.717) is 36.1 Å². The molecule has 0 aromatic heterocycles. The van der Waals surface area contributed by atoms with Crippen LogP contribution in [0.15, 0.2) is 48.5 Å². The first-order chi connectivity index (χ1) is 14.5. The summed E-state index contributed by atoms with van der Waals surface area (Å²) in [5.41, 5.74) is 3.98. The van der Waals surface area contributed by atoms with Gasteiger partial charge in [-0.2, -0.15) is 3.71 Å². The van der Waals surface area contributed by atoms with Crippen LogP contribution in [0.4, 0.5) is 5.69 Å². The molecular formula is C21H29N3O4S3. The summed E-state index contributed by atoms with van der Waals surface area (Å²) < 4.78 is 29.6. The zero-order chi connectivity index (χ0) is 23.1. The smallest absolute Gasteiger partial charge is 0.243 e.